The third kappa shape index (κ3) is 2.47. The fourth-order valence-corrected chi connectivity index (χ4v) is 3.27. The van der Waals surface area contributed by atoms with Crippen molar-refractivity contribution in [3.05, 3.63) is 56.6 Å². The molecule has 0 atom stereocenters. The van der Waals surface area contributed by atoms with Crippen LogP contribution in [0.4, 0.5) is 0 Å². The van der Waals surface area contributed by atoms with E-state index in [1.165, 1.54) is 11.1 Å². The van der Waals surface area contributed by atoms with Crippen molar-refractivity contribution in [2.45, 2.75) is 54.4 Å². The van der Waals surface area contributed by atoms with E-state index in [2.05, 4.69) is 32.9 Å². The Balaban J connectivity index is 2.66. The number of phenols is 2. The summed E-state index contributed by atoms with van der Waals surface area (Å²) in [6, 6.07) is 4.17. The first-order valence-electron chi connectivity index (χ1n) is 7.76. The zero-order chi connectivity index (χ0) is 16.8. The summed E-state index contributed by atoms with van der Waals surface area (Å²) in [4.78, 5) is 0. The fourth-order valence-electron chi connectivity index (χ4n) is 3.27. The zero-order valence-corrected chi connectivity index (χ0v) is 14.6. The molecule has 0 saturated heterocycles. The van der Waals surface area contributed by atoms with Gasteiger partial charge in [-0.2, -0.15) is 0 Å². The van der Waals surface area contributed by atoms with E-state index in [1.54, 1.807) is 0 Å². The van der Waals surface area contributed by atoms with Crippen molar-refractivity contribution in [3.63, 3.8) is 0 Å². The summed E-state index contributed by atoms with van der Waals surface area (Å²) in [5.74, 6) is 1.00. The first kappa shape index (κ1) is 16.4. The number of aryl methyl sites for hydroxylation is 2. The lowest BCUT2D eigenvalue weighted by molar-refractivity contribution is 0.465. The monoisotopic (exact) mass is 298 g/mol. The Hall–Kier alpha value is -1.96. The van der Waals surface area contributed by atoms with Crippen LogP contribution in [0.15, 0.2) is 12.1 Å². The van der Waals surface area contributed by atoms with Gasteiger partial charge in [0, 0.05) is 5.92 Å². The van der Waals surface area contributed by atoms with Crippen LogP contribution in [0.1, 0.15) is 57.3 Å². The van der Waals surface area contributed by atoms with Crippen LogP contribution in [0, 0.1) is 41.5 Å². The van der Waals surface area contributed by atoms with Crippen LogP contribution in [0.3, 0.4) is 0 Å². The van der Waals surface area contributed by atoms with Gasteiger partial charge in [0.25, 0.3) is 0 Å². The second kappa shape index (κ2) is 5.68. The van der Waals surface area contributed by atoms with Gasteiger partial charge < -0.3 is 10.2 Å². The van der Waals surface area contributed by atoms with Gasteiger partial charge in [-0.1, -0.05) is 19.1 Å². The smallest absolute Gasteiger partial charge is 0.121 e. The quantitative estimate of drug-likeness (QED) is 0.809. The normalized spacial score (nSPS) is 11.3. The number of hydrogen-bond acceptors (Lipinski definition) is 2. The topological polar surface area (TPSA) is 40.5 Å². The highest BCUT2D eigenvalue weighted by molar-refractivity contribution is 5.55. The van der Waals surface area contributed by atoms with Crippen molar-refractivity contribution >= 4 is 0 Å². The number of benzene rings is 2. The van der Waals surface area contributed by atoms with E-state index in [0.29, 0.717) is 11.5 Å². The molecule has 0 saturated carbocycles. The van der Waals surface area contributed by atoms with Gasteiger partial charge in [-0.3, -0.25) is 0 Å². The molecule has 0 aromatic heterocycles. The molecule has 0 aliphatic carbocycles. The summed E-state index contributed by atoms with van der Waals surface area (Å²) in [5, 5.41) is 20.2. The zero-order valence-electron chi connectivity index (χ0n) is 14.6. The van der Waals surface area contributed by atoms with E-state index < -0.39 is 0 Å². The lowest BCUT2D eigenvalue weighted by atomic mass is 9.83. The Labute approximate surface area is 133 Å². The molecule has 22 heavy (non-hydrogen) atoms. The van der Waals surface area contributed by atoms with E-state index in [-0.39, 0.29) is 5.92 Å². The third-order valence-electron chi connectivity index (χ3n) is 5.13. The highest BCUT2D eigenvalue weighted by Crippen LogP contribution is 2.38. The molecule has 0 radical (unpaired) electrons. The largest absolute Gasteiger partial charge is 0.507 e. The van der Waals surface area contributed by atoms with Gasteiger partial charge in [0.05, 0.1) is 0 Å². The maximum absolute atomic E-state index is 10.1. The fraction of sp³-hybridized carbons (Fsp3) is 0.400. The molecule has 0 aliphatic rings. The molecule has 0 heterocycles. The molecule has 2 nitrogen and oxygen atoms in total. The van der Waals surface area contributed by atoms with Gasteiger partial charge in [0.1, 0.15) is 11.5 Å². The molecular formula is C20H26O2. The van der Waals surface area contributed by atoms with Gasteiger partial charge in [-0.15, -0.1) is 0 Å². The first-order valence-corrected chi connectivity index (χ1v) is 7.76. The van der Waals surface area contributed by atoms with Gasteiger partial charge in [0.15, 0.2) is 0 Å². The number of aromatic hydroxyl groups is 2. The van der Waals surface area contributed by atoms with Gasteiger partial charge >= 0.3 is 0 Å². The van der Waals surface area contributed by atoms with Crippen molar-refractivity contribution in [2.75, 3.05) is 0 Å². The van der Waals surface area contributed by atoms with Gasteiger partial charge in [0.2, 0.25) is 0 Å². The lowest BCUT2D eigenvalue weighted by Crippen LogP contribution is -2.05. The summed E-state index contributed by atoms with van der Waals surface area (Å²) in [6.45, 7) is 14.1. The lowest BCUT2D eigenvalue weighted by Gasteiger charge is -2.22. The Morgan fingerprint density at radius 2 is 0.955 bits per heavy atom. The van der Waals surface area contributed by atoms with Gasteiger partial charge in [-0.25, -0.2) is 0 Å². The standard InChI is InChI=1S/C20H26O2/c1-10-8-17(12(3)14(5)19(10)21)16(7)18-9-11(2)20(22)15(6)13(18)4/h8-9,16,21-22H,1-7H3. The molecule has 2 aromatic rings. The molecule has 0 bridgehead atoms. The van der Waals surface area contributed by atoms with Crippen molar-refractivity contribution < 1.29 is 10.2 Å². The van der Waals surface area contributed by atoms with Crippen LogP contribution < -0.4 is 0 Å². The molecule has 0 fully saturated rings. The van der Waals surface area contributed by atoms with Gasteiger partial charge in [-0.05, 0) is 86.1 Å². The summed E-state index contributed by atoms with van der Waals surface area (Å²) in [7, 11) is 0. The summed E-state index contributed by atoms with van der Waals surface area (Å²) < 4.78 is 0. The average Bonchev–Trinajstić information content (AvgIpc) is 2.49. The Kier molecular flexibility index (Phi) is 4.23. The van der Waals surface area contributed by atoms with Crippen LogP contribution in [0.25, 0.3) is 0 Å². The van der Waals surface area contributed by atoms with Crippen molar-refractivity contribution in [1.29, 1.82) is 0 Å². The van der Waals surface area contributed by atoms with Crippen molar-refractivity contribution in [1.82, 2.24) is 0 Å². The maximum atomic E-state index is 10.1. The molecule has 0 spiro atoms. The summed E-state index contributed by atoms with van der Waals surface area (Å²) in [5.41, 5.74) is 8.47. The highest BCUT2D eigenvalue weighted by Gasteiger charge is 2.19. The minimum Gasteiger partial charge on any atom is -0.507 e. The van der Waals surface area contributed by atoms with Crippen molar-refractivity contribution in [2.24, 2.45) is 0 Å². The molecule has 2 aromatic carbocycles. The minimum atomic E-state index is 0.219. The van der Waals surface area contributed by atoms with Crippen LogP contribution in [-0.2, 0) is 0 Å². The number of hydrogen-bond donors (Lipinski definition) is 2. The Morgan fingerprint density at radius 3 is 1.27 bits per heavy atom. The average molecular weight is 298 g/mol. The molecule has 0 aliphatic heterocycles. The first-order chi connectivity index (χ1) is 10.2. The summed E-state index contributed by atoms with van der Waals surface area (Å²) in [6.07, 6.45) is 0. The molecule has 118 valence electrons. The van der Waals surface area contributed by atoms with E-state index in [9.17, 15) is 10.2 Å². The maximum Gasteiger partial charge on any atom is 0.121 e. The molecular weight excluding hydrogens is 272 g/mol. The van der Waals surface area contributed by atoms with Crippen LogP contribution in [-0.4, -0.2) is 10.2 Å². The van der Waals surface area contributed by atoms with Crippen molar-refractivity contribution in [3.8, 4) is 11.5 Å². The predicted molar refractivity (Wildman–Crippen MR) is 92.2 cm³/mol. The van der Waals surface area contributed by atoms with Crippen LogP contribution in [0.2, 0.25) is 0 Å². The van der Waals surface area contributed by atoms with E-state index in [1.807, 2.05) is 27.7 Å². The van der Waals surface area contributed by atoms with E-state index >= 15 is 0 Å². The summed E-state index contributed by atoms with van der Waals surface area (Å²) >= 11 is 0. The number of phenolic OH excluding ortho intramolecular Hbond substituents is 2. The number of rotatable bonds is 2. The Bertz CT molecular complexity index is 679. The second-order valence-corrected chi connectivity index (χ2v) is 6.48. The van der Waals surface area contributed by atoms with E-state index in [0.717, 1.165) is 33.4 Å². The molecule has 2 N–H and O–H groups in total. The molecule has 0 unspecified atom stereocenters. The second-order valence-electron chi connectivity index (χ2n) is 6.48. The molecule has 2 rings (SSSR count). The van der Waals surface area contributed by atoms with E-state index in [4.69, 9.17) is 0 Å². The molecule has 2 heteroatoms. The molecule has 0 amide bonds. The Morgan fingerprint density at radius 1 is 0.636 bits per heavy atom. The SMILES string of the molecule is Cc1cc(C(C)c2cc(C)c(O)c(C)c2C)c(C)c(C)c1O. The predicted octanol–water partition coefficient (Wildman–Crippen LogP) is 5.10. The minimum absolute atomic E-state index is 0.219. The van der Waals surface area contributed by atoms with Crippen LogP contribution in [0.5, 0.6) is 11.5 Å². The van der Waals surface area contributed by atoms with Crippen LogP contribution >= 0.6 is 0 Å². The third-order valence-corrected chi connectivity index (χ3v) is 5.13. The highest BCUT2D eigenvalue weighted by atomic mass is 16.3.